The normalized spacial score (nSPS) is 10.3. The summed E-state index contributed by atoms with van der Waals surface area (Å²) < 4.78 is 26.4. The minimum atomic E-state index is -1.35. The van der Waals surface area contributed by atoms with E-state index in [0.717, 1.165) is 6.07 Å². The summed E-state index contributed by atoms with van der Waals surface area (Å²) in [5.41, 5.74) is 0.590. The number of hydrogen-bond donors (Lipinski definition) is 2. The molecule has 20 heavy (non-hydrogen) atoms. The molecule has 0 heterocycles. The van der Waals surface area contributed by atoms with Gasteiger partial charge in [-0.05, 0) is 42.0 Å². The molecule has 0 unspecified atom stereocenters. The van der Waals surface area contributed by atoms with Crippen molar-refractivity contribution >= 4 is 23.3 Å². The standard InChI is InChI=1S/C14H10ClF2NO2/c15-9-3-8(4-10(16)5-9)7-18-11-1-2-13(17)12(6-11)14(19)20/h1-6,18H,7H2,(H,19,20). The molecule has 0 aliphatic heterocycles. The molecule has 0 aliphatic rings. The molecule has 0 radical (unpaired) electrons. The predicted octanol–water partition coefficient (Wildman–Crippen LogP) is 3.93. The molecule has 0 atom stereocenters. The molecule has 0 saturated heterocycles. The summed E-state index contributed by atoms with van der Waals surface area (Å²) in [7, 11) is 0. The van der Waals surface area contributed by atoms with Crippen LogP contribution in [-0.2, 0) is 6.54 Å². The molecular formula is C14H10ClF2NO2. The number of carbonyl (C=O) groups is 1. The van der Waals surface area contributed by atoms with E-state index in [1.165, 1.54) is 24.3 Å². The van der Waals surface area contributed by atoms with Crippen LogP contribution in [0.3, 0.4) is 0 Å². The van der Waals surface area contributed by atoms with Gasteiger partial charge in [-0.1, -0.05) is 11.6 Å². The molecule has 0 saturated carbocycles. The van der Waals surface area contributed by atoms with Crippen LogP contribution in [-0.4, -0.2) is 11.1 Å². The number of benzene rings is 2. The summed E-state index contributed by atoms with van der Waals surface area (Å²) in [6.07, 6.45) is 0. The zero-order valence-corrected chi connectivity index (χ0v) is 10.9. The molecule has 0 aromatic heterocycles. The zero-order chi connectivity index (χ0) is 14.7. The van der Waals surface area contributed by atoms with E-state index in [1.807, 2.05) is 0 Å². The highest BCUT2D eigenvalue weighted by molar-refractivity contribution is 6.30. The lowest BCUT2D eigenvalue weighted by atomic mass is 10.1. The Morgan fingerprint density at radius 2 is 1.95 bits per heavy atom. The highest BCUT2D eigenvalue weighted by atomic mass is 35.5. The first-order valence-electron chi connectivity index (χ1n) is 5.67. The molecule has 3 nitrogen and oxygen atoms in total. The van der Waals surface area contributed by atoms with Gasteiger partial charge in [0.25, 0.3) is 0 Å². The first-order chi connectivity index (χ1) is 9.45. The van der Waals surface area contributed by atoms with Crippen molar-refractivity contribution < 1.29 is 18.7 Å². The maximum Gasteiger partial charge on any atom is 0.338 e. The Balaban J connectivity index is 2.14. The third kappa shape index (κ3) is 3.45. The van der Waals surface area contributed by atoms with Crippen LogP contribution in [0.2, 0.25) is 5.02 Å². The Morgan fingerprint density at radius 1 is 1.20 bits per heavy atom. The van der Waals surface area contributed by atoms with Crippen LogP contribution in [0.1, 0.15) is 15.9 Å². The van der Waals surface area contributed by atoms with Crippen LogP contribution in [0.5, 0.6) is 0 Å². The summed E-state index contributed by atoms with van der Waals surface area (Å²) in [5.74, 6) is -2.61. The topological polar surface area (TPSA) is 49.3 Å². The predicted molar refractivity (Wildman–Crippen MR) is 72.1 cm³/mol. The summed E-state index contributed by atoms with van der Waals surface area (Å²) in [5, 5.41) is 12.0. The minimum Gasteiger partial charge on any atom is -0.478 e. The van der Waals surface area contributed by atoms with Gasteiger partial charge in [-0.2, -0.15) is 0 Å². The van der Waals surface area contributed by atoms with Crippen LogP contribution in [0.25, 0.3) is 0 Å². The van der Waals surface area contributed by atoms with Gasteiger partial charge in [0, 0.05) is 17.3 Å². The van der Waals surface area contributed by atoms with Gasteiger partial charge in [-0.25, -0.2) is 13.6 Å². The van der Waals surface area contributed by atoms with Crippen LogP contribution < -0.4 is 5.32 Å². The van der Waals surface area contributed by atoms with E-state index in [4.69, 9.17) is 16.7 Å². The van der Waals surface area contributed by atoms with E-state index in [-0.39, 0.29) is 11.6 Å². The SMILES string of the molecule is O=C(O)c1cc(NCc2cc(F)cc(Cl)c2)ccc1F. The van der Waals surface area contributed by atoms with Gasteiger partial charge >= 0.3 is 5.97 Å². The smallest absolute Gasteiger partial charge is 0.338 e. The van der Waals surface area contributed by atoms with Gasteiger partial charge in [0.15, 0.2) is 0 Å². The van der Waals surface area contributed by atoms with Crippen LogP contribution >= 0.6 is 11.6 Å². The number of aromatic carboxylic acids is 1. The Hall–Kier alpha value is -2.14. The monoisotopic (exact) mass is 297 g/mol. The van der Waals surface area contributed by atoms with E-state index in [9.17, 15) is 13.6 Å². The van der Waals surface area contributed by atoms with Gasteiger partial charge in [0.05, 0.1) is 5.56 Å². The largest absolute Gasteiger partial charge is 0.478 e. The van der Waals surface area contributed by atoms with Crippen LogP contribution in [0.4, 0.5) is 14.5 Å². The van der Waals surface area contributed by atoms with Crippen molar-refractivity contribution in [2.24, 2.45) is 0 Å². The average molecular weight is 298 g/mol. The van der Waals surface area contributed by atoms with Gasteiger partial charge in [0.2, 0.25) is 0 Å². The molecule has 0 bridgehead atoms. The maximum atomic E-state index is 13.2. The zero-order valence-electron chi connectivity index (χ0n) is 10.2. The molecule has 2 N–H and O–H groups in total. The van der Waals surface area contributed by atoms with E-state index in [0.29, 0.717) is 11.3 Å². The first-order valence-corrected chi connectivity index (χ1v) is 6.05. The summed E-state index contributed by atoms with van der Waals surface area (Å²) >= 11 is 5.72. The molecule has 104 valence electrons. The fourth-order valence-electron chi connectivity index (χ4n) is 1.72. The molecule has 2 aromatic rings. The van der Waals surface area contributed by atoms with Gasteiger partial charge in [-0.15, -0.1) is 0 Å². The van der Waals surface area contributed by atoms with E-state index >= 15 is 0 Å². The first kappa shape index (κ1) is 14.3. The second kappa shape index (κ2) is 5.88. The third-order valence-electron chi connectivity index (χ3n) is 2.62. The van der Waals surface area contributed by atoms with Crippen LogP contribution in [0.15, 0.2) is 36.4 Å². The number of carboxylic acids is 1. The van der Waals surface area contributed by atoms with Gasteiger partial charge in [-0.3, -0.25) is 0 Å². The van der Waals surface area contributed by atoms with Crippen molar-refractivity contribution in [3.05, 3.63) is 64.2 Å². The van der Waals surface area contributed by atoms with Crippen molar-refractivity contribution in [2.75, 3.05) is 5.32 Å². The lowest BCUT2D eigenvalue weighted by molar-refractivity contribution is 0.0692. The lowest BCUT2D eigenvalue weighted by Crippen LogP contribution is -2.04. The highest BCUT2D eigenvalue weighted by Crippen LogP contribution is 2.18. The van der Waals surface area contributed by atoms with E-state index in [2.05, 4.69) is 5.32 Å². The number of halogens is 3. The number of carboxylic acid groups (broad SMARTS) is 1. The minimum absolute atomic E-state index is 0.238. The highest BCUT2D eigenvalue weighted by Gasteiger charge is 2.10. The van der Waals surface area contributed by atoms with Crippen molar-refractivity contribution in [1.82, 2.24) is 0 Å². The fourth-order valence-corrected chi connectivity index (χ4v) is 1.96. The van der Waals surface area contributed by atoms with Crippen molar-refractivity contribution in [3.8, 4) is 0 Å². The van der Waals surface area contributed by atoms with Crippen LogP contribution in [0, 0.1) is 11.6 Å². The quantitative estimate of drug-likeness (QED) is 0.899. The van der Waals surface area contributed by atoms with Gasteiger partial charge < -0.3 is 10.4 Å². The lowest BCUT2D eigenvalue weighted by Gasteiger charge is -2.08. The molecule has 2 rings (SSSR count). The molecule has 0 fully saturated rings. The second-order valence-corrected chi connectivity index (χ2v) is 4.57. The Kier molecular flexibility index (Phi) is 4.20. The summed E-state index contributed by atoms with van der Waals surface area (Å²) in [4.78, 5) is 10.8. The second-order valence-electron chi connectivity index (χ2n) is 4.13. The number of nitrogens with one attached hydrogen (secondary N) is 1. The van der Waals surface area contributed by atoms with Crippen molar-refractivity contribution in [3.63, 3.8) is 0 Å². The van der Waals surface area contributed by atoms with E-state index < -0.39 is 23.2 Å². The van der Waals surface area contributed by atoms with Gasteiger partial charge in [0.1, 0.15) is 11.6 Å². The Morgan fingerprint density at radius 3 is 2.60 bits per heavy atom. The van der Waals surface area contributed by atoms with Crippen molar-refractivity contribution in [1.29, 1.82) is 0 Å². The fraction of sp³-hybridized carbons (Fsp3) is 0.0714. The Labute approximate surface area is 118 Å². The molecule has 6 heteroatoms. The molecule has 0 aliphatic carbocycles. The summed E-state index contributed by atoms with van der Waals surface area (Å²) in [6, 6.07) is 7.72. The molecule has 2 aromatic carbocycles. The van der Waals surface area contributed by atoms with Crippen molar-refractivity contribution in [2.45, 2.75) is 6.54 Å². The number of hydrogen-bond acceptors (Lipinski definition) is 2. The van der Waals surface area contributed by atoms with E-state index in [1.54, 1.807) is 6.07 Å². The molecule has 0 amide bonds. The maximum absolute atomic E-state index is 13.2. The number of rotatable bonds is 4. The Bertz CT molecular complexity index is 641. The molecule has 0 spiro atoms. The average Bonchev–Trinajstić information content (AvgIpc) is 2.36. The molecular weight excluding hydrogens is 288 g/mol. The summed E-state index contributed by atoms with van der Waals surface area (Å²) in [6.45, 7) is 0.238. The number of anilines is 1. The third-order valence-corrected chi connectivity index (χ3v) is 2.83.